The molecule has 0 radical (unpaired) electrons. The van der Waals surface area contributed by atoms with Gasteiger partial charge in [-0.05, 0) is 49.1 Å². The molecule has 3 N–H and O–H groups in total. The highest BCUT2D eigenvalue weighted by molar-refractivity contribution is 7.17. The van der Waals surface area contributed by atoms with Gasteiger partial charge in [0.1, 0.15) is 5.00 Å². The fourth-order valence-electron chi connectivity index (χ4n) is 4.11. The molecule has 3 nitrogen and oxygen atoms in total. The highest BCUT2D eigenvalue weighted by Crippen LogP contribution is 2.44. The average Bonchev–Trinajstić information content (AvgIpc) is 3.25. The topological polar surface area (TPSA) is 55.1 Å². The summed E-state index contributed by atoms with van der Waals surface area (Å²) in [5.74, 6) is 0.910. The molecule has 0 bridgehead atoms. The quantitative estimate of drug-likeness (QED) is 0.848. The molecule has 1 fully saturated rings. The van der Waals surface area contributed by atoms with Crippen LogP contribution in [-0.2, 0) is 17.6 Å². The maximum Gasteiger partial charge on any atom is 0.228 e. The summed E-state index contributed by atoms with van der Waals surface area (Å²) in [6.07, 6.45) is 7.57. The minimum absolute atomic E-state index is 0.164. The predicted molar refractivity (Wildman–Crippen MR) is 101 cm³/mol. The van der Waals surface area contributed by atoms with Crippen molar-refractivity contribution in [3.05, 3.63) is 46.3 Å². The summed E-state index contributed by atoms with van der Waals surface area (Å²) < 4.78 is 0. The highest BCUT2D eigenvalue weighted by Gasteiger charge is 2.28. The first-order valence-electron chi connectivity index (χ1n) is 8.98. The van der Waals surface area contributed by atoms with Gasteiger partial charge in [0.2, 0.25) is 5.91 Å². The van der Waals surface area contributed by atoms with E-state index in [0.717, 1.165) is 42.8 Å². The molecule has 1 atom stereocenters. The lowest BCUT2D eigenvalue weighted by atomic mass is 9.84. The number of hydrogen-bond acceptors (Lipinski definition) is 3. The predicted octanol–water partition coefficient (Wildman–Crippen LogP) is 4.73. The first-order valence-corrected chi connectivity index (χ1v) is 9.80. The fraction of sp³-hybridized carbons (Fsp3) is 0.450. The number of nitrogen functional groups attached to an aromatic ring is 1. The minimum Gasteiger partial charge on any atom is -0.396 e. The van der Waals surface area contributed by atoms with Gasteiger partial charge in [0, 0.05) is 10.8 Å². The van der Waals surface area contributed by atoms with Crippen LogP contribution in [-0.4, -0.2) is 5.91 Å². The molecule has 1 unspecified atom stereocenters. The first-order chi connectivity index (χ1) is 11.7. The molecule has 24 heavy (non-hydrogen) atoms. The molecule has 1 amide bonds. The molecule has 1 aromatic heterocycles. The van der Waals surface area contributed by atoms with Crippen LogP contribution in [0.1, 0.15) is 54.0 Å². The second-order valence-corrected chi connectivity index (χ2v) is 8.17. The molecule has 1 saturated carbocycles. The largest absolute Gasteiger partial charge is 0.396 e. The second kappa shape index (κ2) is 6.60. The number of carbonyl (C=O) groups excluding carboxylic acids is 1. The lowest BCUT2D eigenvalue weighted by Crippen LogP contribution is -2.20. The zero-order valence-corrected chi connectivity index (χ0v) is 14.7. The van der Waals surface area contributed by atoms with E-state index < -0.39 is 0 Å². The van der Waals surface area contributed by atoms with Crippen molar-refractivity contribution in [1.82, 2.24) is 0 Å². The summed E-state index contributed by atoms with van der Waals surface area (Å²) in [5.41, 5.74) is 9.84. The van der Waals surface area contributed by atoms with Gasteiger partial charge in [-0.1, -0.05) is 43.2 Å². The summed E-state index contributed by atoms with van der Waals surface area (Å²) >= 11 is 1.69. The minimum atomic E-state index is 0.164. The highest BCUT2D eigenvalue weighted by atomic mass is 32.1. The molecule has 4 heteroatoms. The Bertz CT molecular complexity index is 732. The summed E-state index contributed by atoms with van der Waals surface area (Å²) in [6.45, 7) is 0. The van der Waals surface area contributed by atoms with Crippen LogP contribution >= 0.6 is 11.3 Å². The summed E-state index contributed by atoms with van der Waals surface area (Å²) in [7, 11) is 0. The number of thiophene rings is 1. The third-order valence-corrected chi connectivity index (χ3v) is 6.73. The first kappa shape index (κ1) is 15.7. The molecule has 4 rings (SSSR count). The Morgan fingerprint density at radius 1 is 1.12 bits per heavy atom. The standard InChI is InChI=1S/C20H24N2OS/c21-18-16-11-10-15(13-6-2-1-3-7-13)12-17(16)24-20(18)22-19(23)14-8-4-5-9-14/h1-3,6-7,14-15H,4-5,8-12,21H2,(H,22,23). The Balaban J connectivity index is 1.51. The van der Waals surface area contributed by atoms with Crippen LogP contribution in [0.25, 0.3) is 0 Å². The van der Waals surface area contributed by atoms with Crippen molar-refractivity contribution >= 4 is 27.9 Å². The molecule has 0 saturated heterocycles. The second-order valence-electron chi connectivity index (χ2n) is 7.07. The van der Waals surface area contributed by atoms with Crippen LogP contribution in [0.5, 0.6) is 0 Å². The lowest BCUT2D eigenvalue weighted by molar-refractivity contribution is -0.119. The lowest BCUT2D eigenvalue weighted by Gasteiger charge is -2.22. The van der Waals surface area contributed by atoms with Crippen molar-refractivity contribution in [2.24, 2.45) is 5.92 Å². The number of hydrogen-bond donors (Lipinski definition) is 2. The van der Waals surface area contributed by atoms with Crippen LogP contribution in [0.4, 0.5) is 10.7 Å². The molecule has 2 aliphatic rings. The van der Waals surface area contributed by atoms with Gasteiger partial charge in [-0.2, -0.15) is 0 Å². The van der Waals surface area contributed by atoms with E-state index >= 15 is 0 Å². The van der Waals surface area contributed by atoms with Gasteiger partial charge in [-0.15, -0.1) is 11.3 Å². The van der Waals surface area contributed by atoms with Gasteiger partial charge in [0.15, 0.2) is 0 Å². The number of nitrogens with one attached hydrogen (secondary N) is 1. The SMILES string of the molecule is Nc1c(NC(=O)C2CCCC2)sc2c1CCC(c1ccccc1)C2. The van der Waals surface area contributed by atoms with E-state index in [1.165, 1.54) is 28.8 Å². The number of rotatable bonds is 3. The Kier molecular flexibility index (Phi) is 4.31. The summed E-state index contributed by atoms with van der Waals surface area (Å²) in [6, 6.07) is 10.7. The van der Waals surface area contributed by atoms with E-state index in [2.05, 4.69) is 35.6 Å². The van der Waals surface area contributed by atoms with Gasteiger partial charge < -0.3 is 11.1 Å². The monoisotopic (exact) mass is 340 g/mol. The molecule has 0 spiro atoms. The Morgan fingerprint density at radius 2 is 1.88 bits per heavy atom. The third-order valence-electron chi connectivity index (χ3n) is 5.54. The van der Waals surface area contributed by atoms with E-state index in [4.69, 9.17) is 5.73 Å². The van der Waals surface area contributed by atoms with Gasteiger partial charge in [0.25, 0.3) is 0 Å². The molecular weight excluding hydrogens is 316 g/mol. The summed E-state index contributed by atoms with van der Waals surface area (Å²) in [4.78, 5) is 13.8. The van der Waals surface area contributed by atoms with Gasteiger partial charge >= 0.3 is 0 Å². The van der Waals surface area contributed by atoms with Crippen molar-refractivity contribution in [2.75, 3.05) is 11.1 Å². The van der Waals surface area contributed by atoms with E-state index in [1.54, 1.807) is 11.3 Å². The normalized spacial score (nSPS) is 20.8. The van der Waals surface area contributed by atoms with Gasteiger partial charge in [0.05, 0.1) is 5.69 Å². The molecule has 1 heterocycles. The molecule has 2 aromatic rings. The van der Waals surface area contributed by atoms with E-state index in [1.807, 2.05) is 0 Å². The van der Waals surface area contributed by atoms with Crippen LogP contribution < -0.4 is 11.1 Å². The Hall–Kier alpha value is -1.81. The van der Waals surface area contributed by atoms with Crippen molar-refractivity contribution in [3.63, 3.8) is 0 Å². The Labute approximate surface area is 147 Å². The molecule has 2 aliphatic carbocycles. The van der Waals surface area contributed by atoms with Crippen LogP contribution in [0.3, 0.4) is 0 Å². The number of amides is 1. The van der Waals surface area contributed by atoms with Crippen molar-refractivity contribution in [3.8, 4) is 0 Å². The fourth-order valence-corrected chi connectivity index (χ4v) is 5.37. The summed E-state index contributed by atoms with van der Waals surface area (Å²) in [5, 5.41) is 4.00. The molecule has 126 valence electrons. The zero-order valence-electron chi connectivity index (χ0n) is 13.9. The van der Waals surface area contributed by atoms with Crippen LogP contribution in [0.15, 0.2) is 30.3 Å². The van der Waals surface area contributed by atoms with Crippen molar-refractivity contribution < 1.29 is 4.79 Å². The van der Waals surface area contributed by atoms with Gasteiger partial charge in [-0.3, -0.25) is 4.79 Å². The molecule has 1 aromatic carbocycles. The Morgan fingerprint density at radius 3 is 2.62 bits per heavy atom. The van der Waals surface area contributed by atoms with E-state index in [0.29, 0.717) is 5.92 Å². The van der Waals surface area contributed by atoms with Crippen LogP contribution in [0, 0.1) is 5.92 Å². The van der Waals surface area contributed by atoms with Gasteiger partial charge in [-0.25, -0.2) is 0 Å². The number of fused-ring (bicyclic) bond motifs is 1. The van der Waals surface area contributed by atoms with Crippen LogP contribution in [0.2, 0.25) is 0 Å². The molecular formula is C20H24N2OS. The van der Waals surface area contributed by atoms with E-state index in [-0.39, 0.29) is 11.8 Å². The smallest absolute Gasteiger partial charge is 0.228 e. The maximum atomic E-state index is 12.4. The van der Waals surface area contributed by atoms with Crippen molar-refractivity contribution in [2.45, 2.75) is 50.9 Å². The number of carbonyl (C=O) groups is 1. The maximum absolute atomic E-state index is 12.4. The van der Waals surface area contributed by atoms with E-state index in [9.17, 15) is 4.79 Å². The number of anilines is 2. The third kappa shape index (κ3) is 2.95. The zero-order chi connectivity index (χ0) is 16.5. The average molecular weight is 340 g/mol. The van der Waals surface area contributed by atoms with Crippen molar-refractivity contribution in [1.29, 1.82) is 0 Å². The molecule has 0 aliphatic heterocycles. The number of benzene rings is 1. The number of nitrogens with two attached hydrogens (primary N) is 1.